The van der Waals surface area contributed by atoms with Gasteiger partial charge in [-0.2, -0.15) is 0 Å². The number of carbonyl (C=O) groups is 1. The summed E-state index contributed by atoms with van der Waals surface area (Å²) in [6.45, 7) is 1.52. The highest BCUT2D eigenvalue weighted by molar-refractivity contribution is 5.83. The van der Waals surface area contributed by atoms with E-state index >= 15 is 0 Å². The minimum absolute atomic E-state index is 0.225. The van der Waals surface area contributed by atoms with Crippen LogP contribution in [0.2, 0.25) is 0 Å². The highest BCUT2D eigenvalue weighted by Gasteiger charge is 2.29. The molecule has 3 rings (SSSR count). The zero-order chi connectivity index (χ0) is 12.5. The molecule has 1 atom stereocenters. The van der Waals surface area contributed by atoms with Gasteiger partial charge in [0, 0.05) is 36.1 Å². The van der Waals surface area contributed by atoms with Crippen molar-refractivity contribution in [2.24, 2.45) is 0 Å². The van der Waals surface area contributed by atoms with Crippen LogP contribution < -0.4 is 0 Å². The van der Waals surface area contributed by atoms with Crippen LogP contribution in [-0.2, 0) is 4.74 Å². The van der Waals surface area contributed by atoms with Crippen molar-refractivity contribution in [1.29, 1.82) is 0 Å². The molecule has 0 radical (unpaired) electrons. The number of aromatic nitrogens is 1. The maximum Gasteiger partial charge on any atom is 0.409 e. The molecule has 0 bridgehead atoms. The molecule has 1 aromatic heterocycles. The first-order chi connectivity index (χ1) is 8.79. The zero-order valence-corrected chi connectivity index (χ0v) is 10.3. The number of nitrogens with one attached hydrogen (secondary N) is 1. The SMILES string of the molecule is COC(=O)N1CCC(c2c[nH]c3ccccc23)C1. The molecule has 0 spiro atoms. The Balaban J connectivity index is 1.86. The molecule has 1 aliphatic heterocycles. The summed E-state index contributed by atoms with van der Waals surface area (Å²) in [5.74, 6) is 0.403. The van der Waals surface area contributed by atoms with Crippen molar-refractivity contribution in [2.45, 2.75) is 12.3 Å². The lowest BCUT2D eigenvalue weighted by Crippen LogP contribution is -2.28. The van der Waals surface area contributed by atoms with Crippen LogP contribution in [0, 0.1) is 0 Å². The first-order valence-electron chi connectivity index (χ1n) is 6.18. The summed E-state index contributed by atoms with van der Waals surface area (Å²) < 4.78 is 4.77. The Morgan fingerprint density at radius 2 is 2.28 bits per heavy atom. The molecule has 1 amide bonds. The van der Waals surface area contributed by atoms with Crippen LogP contribution in [0.25, 0.3) is 10.9 Å². The highest BCUT2D eigenvalue weighted by atomic mass is 16.5. The molecular weight excluding hydrogens is 228 g/mol. The van der Waals surface area contributed by atoms with Crippen molar-refractivity contribution in [2.75, 3.05) is 20.2 Å². The predicted octanol–water partition coefficient (Wildman–Crippen LogP) is 2.72. The standard InChI is InChI=1S/C14H16N2O2/c1-18-14(17)16-7-6-10(9-16)12-8-15-13-5-3-2-4-11(12)13/h2-5,8,10,15H,6-7,9H2,1H3. The summed E-state index contributed by atoms with van der Waals surface area (Å²) in [6, 6.07) is 8.28. The molecule has 1 fully saturated rings. The number of rotatable bonds is 1. The Labute approximate surface area is 106 Å². The maximum absolute atomic E-state index is 11.5. The van der Waals surface area contributed by atoms with E-state index in [0.29, 0.717) is 5.92 Å². The van der Waals surface area contributed by atoms with Gasteiger partial charge in [-0.25, -0.2) is 4.79 Å². The minimum Gasteiger partial charge on any atom is -0.453 e. The van der Waals surface area contributed by atoms with Crippen molar-refractivity contribution in [3.8, 4) is 0 Å². The van der Waals surface area contributed by atoms with Crippen LogP contribution in [0.5, 0.6) is 0 Å². The summed E-state index contributed by atoms with van der Waals surface area (Å²) >= 11 is 0. The Morgan fingerprint density at radius 1 is 1.44 bits per heavy atom. The summed E-state index contributed by atoms with van der Waals surface area (Å²) in [5.41, 5.74) is 2.46. The molecule has 2 heterocycles. The fraction of sp³-hybridized carbons (Fsp3) is 0.357. The van der Waals surface area contributed by atoms with Gasteiger partial charge in [-0.3, -0.25) is 0 Å². The number of carbonyl (C=O) groups excluding carboxylic acids is 1. The number of nitrogens with zero attached hydrogens (tertiary/aromatic N) is 1. The minimum atomic E-state index is -0.225. The van der Waals surface area contributed by atoms with E-state index in [0.717, 1.165) is 25.0 Å². The van der Waals surface area contributed by atoms with Gasteiger partial charge in [0.1, 0.15) is 0 Å². The lowest BCUT2D eigenvalue weighted by atomic mass is 9.98. The van der Waals surface area contributed by atoms with Gasteiger partial charge in [-0.15, -0.1) is 0 Å². The van der Waals surface area contributed by atoms with Gasteiger partial charge in [-0.1, -0.05) is 18.2 Å². The number of H-pyrrole nitrogens is 1. The summed E-state index contributed by atoms with van der Waals surface area (Å²) in [5, 5.41) is 1.26. The van der Waals surface area contributed by atoms with E-state index in [4.69, 9.17) is 4.74 Å². The lowest BCUT2D eigenvalue weighted by molar-refractivity contribution is 0.132. The summed E-state index contributed by atoms with van der Waals surface area (Å²) in [7, 11) is 1.43. The van der Waals surface area contributed by atoms with E-state index in [9.17, 15) is 4.79 Å². The summed E-state index contributed by atoms with van der Waals surface area (Å²) in [4.78, 5) is 16.5. The zero-order valence-electron chi connectivity index (χ0n) is 10.3. The molecule has 18 heavy (non-hydrogen) atoms. The van der Waals surface area contributed by atoms with Crippen molar-refractivity contribution in [3.05, 3.63) is 36.0 Å². The van der Waals surface area contributed by atoms with Crippen LogP contribution >= 0.6 is 0 Å². The molecule has 1 N–H and O–H groups in total. The fourth-order valence-corrected chi connectivity index (χ4v) is 2.74. The Hall–Kier alpha value is -1.97. The second kappa shape index (κ2) is 4.37. The van der Waals surface area contributed by atoms with E-state index in [1.807, 2.05) is 12.1 Å². The number of aromatic amines is 1. The number of benzene rings is 1. The molecule has 1 unspecified atom stereocenters. The van der Waals surface area contributed by atoms with Gasteiger partial charge in [0.15, 0.2) is 0 Å². The van der Waals surface area contributed by atoms with Crippen molar-refractivity contribution >= 4 is 17.0 Å². The first kappa shape index (κ1) is 11.1. The fourth-order valence-electron chi connectivity index (χ4n) is 2.74. The second-order valence-corrected chi connectivity index (χ2v) is 4.69. The van der Waals surface area contributed by atoms with Crippen LogP contribution in [0.15, 0.2) is 30.5 Å². The number of ether oxygens (including phenoxy) is 1. The average molecular weight is 244 g/mol. The highest BCUT2D eigenvalue weighted by Crippen LogP contribution is 2.32. The van der Waals surface area contributed by atoms with Crippen molar-refractivity contribution in [1.82, 2.24) is 9.88 Å². The van der Waals surface area contributed by atoms with E-state index in [1.165, 1.54) is 18.1 Å². The quantitative estimate of drug-likeness (QED) is 0.838. The molecule has 1 aromatic carbocycles. The van der Waals surface area contributed by atoms with Gasteiger partial charge >= 0.3 is 6.09 Å². The van der Waals surface area contributed by atoms with E-state index in [2.05, 4.69) is 23.3 Å². The normalized spacial score (nSPS) is 19.4. The molecule has 0 aliphatic carbocycles. The number of fused-ring (bicyclic) bond motifs is 1. The number of hydrogen-bond donors (Lipinski definition) is 1. The summed E-state index contributed by atoms with van der Waals surface area (Å²) in [6.07, 6.45) is 2.84. The average Bonchev–Trinajstić information content (AvgIpc) is 3.03. The Bertz CT molecular complexity index is 576. The van der Waals surface area contributed by atoms with Gasteiger partial charge < -0.3 is 14.6 Å². The molecule has 94 valence electrons. The van der Waals surface area contributed by atoms with E-state index in [1.54, 1.807) is 4.90 Å². The van der Waals surface area contributed by atoms with E-state index < -0.39 is 0 Å². The van der Waals surface area contributed by atoms with Crippen LogP contribution in [-0.4, -0.2) is 36.2 Å². The van der Waals surface area contributed by atoms with Gasteiger partial charge in [0.25, 0.3) is 0 Å². The molecular formula is C14H16N2O2. The molecule has 4 nitrogen and oxygen atoms in total. The monoisotopic (exact) mass is 244 g/mol. The van der Waals surface area contributed by atoms with E-state index in [-0.39, 0.29) is 6.09 Å². The number of amides is 1. The van der Waals surface area contributed by atoms with Gasteiger partial charge in [-0.05, 0) is 18.1 Å². The predicted molar refractivity (Wildman–Crippen MR) is 69.6 cm³/mol. The van der Waals surface area contributed by atoms with Crippen molar-refractivity contribution in [3.63, 3.8) is 0 Å². The van der Waals surface area contributed by atoms with Gasteiger partial charge in [0.05, 0.1) is 7.11 Å². The van der Waals surface area contributed by atoms with Crippen molar-refractivity contribution < 1.29 is 9.53 Å². The number of hydrogen-bond acceptors (Lipinski definition) is 2. The Morgan fingerprint density at radius 3 is 3.11 bits per heavy atom. The molecule has 0 saturated carbocycles. The smallest absolute Gasteiger partial charge is 0.409 e. The molecule has 1 saturated heterocycles. The topological polar surface area (TPSA) is 45.3 Å². The molecule has 4 heteroatoms. The third-order valence-corrected chi connectivity index (χ3v) is 3.68. The first-order valence-corrected chi connectivity index (χ1v) is 6.18. The third kappa shape index (κ3) is 1.74. The number of methoxy groups -OCH3 is 1. The van der Waals surface area contributed by atoms with Crippen LogP contribution in [0.1, 0.15) is 17.9 Å². The largest absolute Gasteiger partial charge is 0.453 e. The van der Waals surface area contributed by atoms with Gasteiger partial charge in [0.2, 0.25) is 0 Å². The number of likely N-dealkylation sites (tertiary alicyclic amines) is 1. The lowest BCUT2D eigenvalue weighted by Gasteiger charge is -2.14. The van der Waals surface area contributed by atoms with Crippen LogP contribution in [0.3, 0.4) is 0 Å². The Kier molecular flexibility index (Phi) is 2.70. The molecule has 2 aromatic rings. The third-order valence-electron chi connectivity index (χ3n) is 3.68. The number of para-hydroxylation sites is 1. The molecule has 1 aliphatic rings. The maximum atomic E-state index is 11.5. The second-order valence-electron chi connectivity index (χ2n) is 4.69. The van der Waals surface area contributed by atoms with Crippen LogP contribution in [0.4, 0.5) is 4.79 Å².